The summed E-state index contributed by atoms with van der Waals surface area (Å²) in [6.07, 6.45) is 1.91. The van der Waals surface area contributed by atoms with E-state index in [2.05, 4.69) is 91.2 Å². The van der Waals surface area contributed by atoms with Crippen LogP contribution in [0.2, 0.25) is 18.1 Å². The first-order chi connectivity index (χ1) is 16.6. The third-order valence-electron chi connectivity index (χ3n) is 6.98. The summed E-state index contributed by atoms with van der Waals surface area (Å²) >= 11 is 0. The molecule has 0 amide bonds. The summed E-state index contributed by atoms with van der Waals surface area (Å²) in [5.74, 6) is 0.0405. The Kier molecular flexibility index (Phi) is 9.78. The van der Waals surface area contributed by atoms with Crippen LogP contribution in [-0.2, 0) is 14.0 Å². The predicted molar refractivity (Wildman–Crippen MR) is 141 cm³/mol. The second kappa shape index (κ2) is 12.8. The highest BCUT2D eigenvalue weighted by Crippen LogP contribution is 2.30. The van der Waals surface area contributed by atoms with E-state index in [1.54, 1.807) is 0 Å². The molecule has 0 aromatic heterocycles. The van der Waals surface area contributed by atoms with E-state index in [1.165, 1.54) is 11.1 Å². The number of esters is 1. The van der Waals surface area contributed by atoms with E-state index in [0.29, 0.717) is 12.4 Å². The Morgan fingerprint density at radius 1 is 0.853 bits per heavy atom. The smallest absolute Gasteiger partial charge is 0.373 e. The zero-order valence-electron chi connectivity index (χ0n) is 21.2. The molecule has 0 aliphatic carbocycles. The fraction of sp³-hybridized carbons (Fsp3) is 0.464. The number of rotatable bonds is 11. The lowest BCUT2D eigenvalue weighted by Gasteiger charge is -2.40. The van der Waals surface area contributed by atoms with Gasteiger partial charge in [0.2, 0.25) is 5.76 Å². The fourth-order valence-corrected chi connectivity index (χ4v) is 7.23. The van der Waals surface area contributed by atoms with Crippen LogP contribution < -0.4 is 0 Å². The molecule has 6 heteroatoms. The van der Waals surface area contributed by atoms with Crippen LogP contribution in [0, 0.1) is 0 Å². The fourth-order valence-electron chi connectivity index (χ4n) is 4.70. The van der Waals surface area contributed by atoms with E-state index in [1.807, 2.05) is 13.1 Å². The van der Waals surface area contributed by atoms with Gasteiger partial charge in [-0.25, -0.2) is 4.79 Å². The molecule has 0 bridgehead atoms. The van der Waals surface area contributed by atoms with E-state index in [0.717, 1.165) is 44.3 Å². The highest BCUT2D eigenvalue weighted by molar-refractivity contribution is 6.74. The number of piperazine rings is 1. The number of carbonyl (C=O) groups excluding carboxylic acids is 1. The second-order valence-corrected chi connectivity index (χ2v) is 13.5. The van der Waals surface area contributed by atoms with Gasteiger partial charge < -0.3 is 14.1 Å². The van der Waals surface area contributed by atoms with Gasteiger partial charge in [0.25, 0.3) is 8.32 Å². The van der Waals surface area contributed by atoms with Gasteiger partial charge >= 0.3 is 5.97 Å². The zero-order chi connectivity index (χ0) is 24.4. The molecule has 0 unspecified atom stereocenters. The molecule has 0 N–H and O–H groups in total. The lowest BCUT2D eigenvalue weighted by molar-refractivity contribution is -0.141. The van der Waals surface area contributed by atoms with Gasteiger partial charge in [-0.05, 0) is 36.2 Å². The van der Waals surface area contributed by atoms with Crippen molar-refractivity contribution in [3.05, 3.63) is 83.7 Å². The average Bonchev–Trinajstić information content (AvgIpc) is 2.89. The Morgan fingerprint density at radius 2 is 1.35 bits per heavy atom. The molecule has 1 aliphatic heterocycles. The van der Waals surface area contributed by atoms with Crippen LogP contribution in [0.25, 0.3) is 0 Å². The van der Waals surface area contributed by atoms with Gasteiger partial charge in [-0.1, -0.05) is 81.4 Å². The Labute approximate surface area is 206 Å². The molecule has 2 aromatic carbocycles. The van der Waals surface area contributed by atoms with E-state index in [9.17, 15) is 4.79 Å². The molecular formula is C28H40N2O3Si. The van der Waals surface area contributed by atoms with Gasteiger partial charge in [0.15, 0.2) is 0 Å². The summed E-state index contributed by atoms with van der Waals surface area (Å²) in [7, 11) is -1.98. The summed E-state index contributed by atoms with van der Waals surface area (Å²) < 4.78 is 11.8. The third-order valence-corrected chi connectivity index (χ3v) is 11.5. The highest BCUT2D eigenvalue weighted by atomic mass is 28.4. The maximum absolute atomic E-state index is 12.8. The van der Waals surface area contributed by atoms with Gasteiger partial charge in [0.1, 0.15) is 0 Å². The summed E-state index contributed by atoms with van der Waals surface area (Å²) in [6.45, 7) is 12.2. The number of benzene rings is 2. The molecular weight excluding hydrogens is 440 g/mol. The first-order valence-corrected chi connectivity index (χ1v) is 15.2. The summed E-state index contributed by atoms with van der Waals surface area (Å²) in [5.41, 5.74) is 2.61. The summed E-state index contributed by atoms with van der Waals surface area (Å²) in [4.78, 5) is 17.5. The lowest BCUT2D eigenvalue weighted by atomic mass is 9.96. The molecule has 5 nitrogen and oxygen atoms in total. The largest absolute Gasteiger partial charge is 0.538 e. The number of nitrogens with zero attached hydrogens (tertiary/aromatic N) is 2. The second-order valence-electron chi connectivity index (χ2n) is 8.86. The first-order valence-electron chi connectivity index (χ1n) is 12.7. The zero-order valence-corrected chi connectivity index (χ0v) is 22.2. The lowest BCUT2D eigenvalue weighted by Crippen LogP contribution is -2.46. The normalized spacial score (nSPS) is 15.4. The van der Waals surface area contributed by atoms with Gasteiger partial charge in [0.05, 0.1) is 12.6 Å². The number of carbonyl (C=O) groups is 1. The van der Waals surface area contributed by atoms with Crippen LogP contribution in [-0.4, -0.2) is 56.9 Å². The molecule has 0 saturated carbocycles. The molecule has 1 fully saturated rings. The molecule has 0 radical (unpaired) electrons. The van der Waals surface area contributed by atoms with Crippen molar-refractivity contribution in [2.45, 2.75) is 51.9 Å². The third kappa shape index (κ3) is 6.51. The Balaban J connectivity index is 1.78. The molecule has 3 rings (SSSR count). The molecule has 1 aliphatic rings. The maximum atomic E-state index is 12.8. The van der Waals surface area contributed by atoms with Crippen molar-refractivity contribution in [3.63, 3.8) is 0 Å². The van der Waals surface area contributed by atoms with E-state index < -0.39 is 8.32 Å². The van der Waals surface area contributed by atoms with E-state index in [-0.39, 0.29) is 12.0 Å². The molecule has 1 saturated heterocycles. The summed E-state index contributed by atoms with van der Waals surface area (Å²) in [6, 6.07) is 24.6. The maximum Gasteiger partial charge on any atom is 0.373 e. The van der Waals surface area contributed by atoms with Gasteiger partial charge in [-0.2, -0.15) is 0 Å². The summed E-state index contributed by atoms with van der Waals surface area (Å²) in [5, 5.41) is 0. The van der Waals surface area contributed by atoms with Crippen LogP contribution in [0.1, 0.15) is 44.9 Å². The average molecular weight is 481 g/mol. The van der Waals surface area contributed by atoms with Crippen LogP contribution in [0.5, 0.6) is 0 Å². The SMILES string of the molecule is CCOC(=O)/C(=C/N1CCN(C(c2ccccc2)c2ccccc2)CC1)O[Si](CC)(CC)CC. The van der Waals surface area contributed by atoms with Crippen LogP contribution in [0.3, 0.4) is 0 Å². The predicted octanol–water partition coefficient (Wildman–Crippen LogP) is 5.82. The van der Waals surface area contributed by atoms with Crippen molar-refractivity contribution in [1.82, 2.24) is 9.80 Å². The van der Waals surface area contributed by atoms with Crippen molar-refractivity contribution >= 4 is 14.3 Å². The first kappa shape index (κ1) is 26.0. The van der Waals surface area contributed by atoms with Gasteiger partial charge in [0, 0.05) is 32.4 Å². The highest BCUT2D eigenvalue weighted by Gasteiger charge is 2.34. The van der Waals surface area contributed by atoms with Crippen molar-refractivity contribution in [3.8, 4) is 0 Å². The van der Waals surface area contributed by atoms with Crippen molar-refractivity contribution in [1.29, 1.82) is 0 Å². The quantitative estimate of drug-likeness (QED) is 0.175. The molecule has 184 valence electrons. The van der Waals surface area contributed by atoms with Crippen LogP contribution >= 0.6 is 0 Å². The number of ether oxygens (including phenoxy) is 1. The molecule has 34 heavy (non-hydrogen) atoms. The minimum absolute atomic E-state index is 0.217. The van der Waals surface area contributed by atoms with Crippen molar-refractivity contribution in [2.24, 2.45) is 0 Å². The van der Waals surface area contributed by atoms with Crippen LogP contribution in [0.4, 0.5) is 0 Å². The van der Waals surface area contributed by atoms with Gasteiger partial charge in [-0.15, -0.1) is 0 Å². The molecule has 1 heterocycles. The van der Waals surface area contributed by atoms with E-state index >= 15 is 0 Å². The molecule has 0 spiro atoms. The Hall–Kier alpha value is -2.57. The van der Waals surface area contributed by atoms with Crippen LogP contribution in [0.15, 0.2) is 72.6 Å². The minimum atomic E-state index is -1.98. The standard InChI is InChI=1S/C28H40N2O3Si/c1-5-32-28(31)26(33-34(6-2,7-3)8-4)23-29-19-21-30(22-20-29)27(24-15-11-9-12-16-24)25-17-13-10-14-18-25/h9-18,23,27H,5-8,19-22H2,1-4H3/b26-23-. The Bertz CT molecular complexity index is 860. The van der Waals surface area contributed by atoms with Crippen molar-refractivity contribution < 1.29 is 14.0 Å². The topological polar surface area (TPSA) is 42.0 Å². The molecule has 2 aromatic rings. The molecule has 0 atom stereocenters. The van der Waals surface area contributed by atoms with Gasteiger partial charge in [-0.3, -0.25) is 4.90 Å². The minimum Gasteiger partial charge on any atom is -0.538 e. The Morgan fingerprint density at radius 3 is 1.79 bits per heavy atom. The monoisotopic (exact) mass is 480 g/mol. The number of hydrogen-bond acceptors (Lipinski definition) is 5. The van der Waals surface area contributed by atoms with E-state index in [4.69, 9.17) is 9.16 Å². The number of hydrogen-bond donors (Lipinski definition) is 0. The van der Waals surface area contributed by atoms with Crippen molar-refractivity contribution in [2.75, 3.05) is 32.8 Å².